The van der Waals surface area contributed by atoms with E-state index in [9.17, 15) is 15.0 Å². The Morgan fingerprint density at radius 2 is 1.92 bits per heavy atom. The Bertz CT molecular complexity index is 890. The van der Waals surface area contributed by atoms with E-state index in [-0.39, 0.29) is 23.0 Å². The van der Waals surface area contributed by atoms with Gasteiger partial charge in [-0.25, -0.2) is 4.98 Å². The summed E-state index contributed by atoms with van der Waals surface area (Å²) in [6.07, 6.45) is 3.49. The van der Waals surface area contributed by atoms with Gasteiger partial charge in [-0.3, -0.25) is 9.36 Å². The Morgan fingerprint density at radius 1 is 1.16 bits per heavy atom. The van der Waals surface area contributed by atoms with Gasteiger partial charge in [-0.05, 0) is 42.5 Å². The number of methoxy groups -OCH3 is 1. The molecule has 0 saturated carbocycles. The fraction of sp³-hybridized carbons (Fsp3) is 0.111. The topological polar surface area (TPSA) is 84.6 Å². The first-order chi connectivity index (χ1) is 12.1. The van der Waals surface area contributed by atoms with Gasteiger partial charge in [0.15, 0.2) is 22.4 Å². The number of phenolic OH excluding ortho intramolecular Hbond substituents is 2. The third kappa shape index (κ3) is 3.77. The number of carbonyl (C=O) groups excluding carboxylic acids is 1. The van der Waals surface area contributed by atoms with E-state index in [1.54, 1.807) is 13.3 Å². The molecule has 0 saturated heterocycles. The summed E-state index contributed by atoms with van der Waals surface area (Å²) < 4.78 is 7.03. The lowest BCUT2D eigenvalue weighted by molar-refractivity contribution is 0.102. The number of ether oxygens (including phenoxy) is 1. The van der Waals surface area contributed by atoms with Gasteiger partial charge in [-0.15, -0.1) is 0 Å². The Morgan fingerprint density at radius 3 is 2.60 bits per heavy atom. The van der Waals surface area contributed by atoms with Crippen molar-refractivity contribution in [3.05, 3.63) is 60.4 Å². The summed E-state index contributed by atoms with van der Waals surface area (Å²) in [5.41, 5.74) is 1.25. The molecule has 0 amide bonds. The number of thioether (sulfide) groups is 1. The summed E-state index contributed by atoms with van der Waals surface area (Å²) >= 11 is 1.30. The molecule has 3 rings (SSSR count). The molecule has 0 aliphatic rings. The van der Waals surface area contributed by atoms with E-state index in [4.69, 9.17) is 4.74 Å². The van der Waals surface area contributed by atoms with E-state index >= 15 is 0 Å². The summed E-state index contributed by atoms with van der Waals surface area (Å²) in [6, 6.07) is 11.6. The van der Waals surface area contributed by atoms with E-state index in [1.807, 2.05) is 35.0 Å². The molecule has 1 aromatic heterocycles. The average Bonchev–Trinajstić information content (AvgIpc) is 3.10. The number of ketones is 1. The lowest BCUT2D eigenvalue weighted by atomic mass is 10.1. The molecule has 1 heterocycles. The first kappa shape index (κ1) is 16.9. The number of hydrogen-bond donors (Lipinski definition) is 2. The molecule has 0 spiro atoms. The van der Waals surface area contributed by atoms with Crippen molar-refractivity contribution < 1.29 is 19.7 Å². The molecule has 0 bridgehead atoms. The second-order valence-corrected chi connectivity index (χ2v) is 6.14. The Balaban J connectivity index is 1.72. The van der Waals surface area contributed by atoms with Crippen LogP contribution in [0.4, 0.5) is 0 Å². The fourth-order valence-electron chi connectivity index (χ4n) is 2.25. The Hall–Kier alpha value is -2.93. The van der Waals surface area contributed by atoms with Crippen LogP contribution in [-0.4, -0.2) is 38.4 Å². The van der Waals surface area contributed by atoms with Crippen LogP contribution in [-0.2, 0) is 0 Å². The number of rotatable bonds is 6. The summed E-state index contributed by atoms with van der Waals surface area (Å²) in [5, 5.41) is 19.5. The van der Waals surface area contributed by atoms with Crippen LogP contribution in [0.3, 0.4) is 0 Å². The van der Waals surface area contributed by atoms with Crippen molar-refractivity contribution in [1.29, 1.82) is 0 Å². The van der Waals surface area contributed by atoms with Gasteiger partial charge in [0, 0.05) is 23.6 Å². The fourth-order valence-corrected chi connectivity index (χ4v) is 3.11. The van der Waals surface area contributed by atoms with Crippen molar-refractivity contribution in [2.24, 2.45) is 0 Å². The molecule has 0 radical (unpaired) electrons. The van der Waals surface area contributed by atoms with E-state index in [0.717, 1.165) is 11.4 Å². The monoisotopic (exact) mass is 356 g/mol. The van der Waals surface area contributed by atoms with Crippen molar-refractivity contribution in [1.82, 2.24) is 9.55 Å². The highest BCUT2D eigenvalue weighted by Gasteiger charge is 2.12. The highest BCUT2D eigenvalue weighted by Crippen LogP contribution is 2.27. The zero-order chi connectivity index (χ0) is 17.8. The molecule has 128 valence electrons. The van der Waals surface area contributed by atoms with E-state index in [2.05, 4.69) is 4.98 Å². The number of hydrogen-bond acceptors (Lipinski definition) is 6. The van der Waals surface area contributed by atoms with Crippen LogP contribution in [0.2, 0.25) is 0 Å². The Kier molecular flexibility index (Phi) is 4.95. The molecule has 0 unspecified atom stereocenters. The zero-order valence-corrected chi connectivity index (χ0v) is 14.2. The number of imidazole rings is 1. The third-order valence-electron chi connectivity index (χ3n) is 3.59. The van der Waals surface area contributed by atoms with Gasteiger partial charge in [-0.1, -0.05) is 11.8 Å². The number of phenols is 2. The standard InChI is InChI=1S/C18H16N2O4S/c1-24-14-5-3-13(4-6-14)20-9-8-19-18(20)25-11-17(23)12-2-7-15(21)16(22)10-12/h2-10,21-22H,11H2,1H3. The largest absolute Gasteiger partial charge is 0.504 e. The second kappa shape index (κ2) is 7.31. The van der Waals surface area contributed by atoms with Crippen LogP contribution in [0, 0.1) is 0 Å². The summed E-state index contributed by atoms with van der Waals surface area (Å²) in [6.45, 7) is 0. The van der Waals surface area contributed by atoms with Gasteiger partial charge in [-0.2, -0.15) is 0 Å². The molecule has 0 atom stereocenters. The van der Waals surface area contributed by atoms with E-state index < -0.39 is 0 Å². The number of aromatic hydroxyl groups is 2. The molecule has 6 nitrogen and oxygen atoms in total. The van der Waals surface area contributed by atoms with Crippen molar-refractivity contribution in [3.63, 3.8) is 0 Å². The lowest BCUT2D eigenvalue weighted by Crippen LogP contribution is -2.04. The first-order valence-electron chi connectivity index (χ1n) is 7.44. The lowest BCUT2D eigenvalue weighted by Gasteiger charge is -2.08. The SMILES string of the molecule is COc1ccc(-n2ccnc2SCC(=O)c2ccc(O)c(O)c2)cc1. The quantitative estimate of drug-likeness (QED) is 0.401. The van der Waals surface area contributed by atoms with Crippen LogP contribution in [0.5, 0.6) is 17.2 Å². The van der Waals surface area contributed by atoms with Gasteiger partial charge < -0.3 is 14.9 Å². The minimum Gasteiger partial charge on any atom is -0.504 e. The maximum absolute atomic E-state index is 12.3. The van der Waals surface area contributed by atoms with Gasteiger partial charge in [0.1, 0.15) is 5.75 Å². The van der Waals surface area contributed by atoms with E-state index in [0.29, 0.717) is 10.7 Å². The summed E-state index contributed by atoms with van der Waals surface area (Å²) in [7, 11) is 1.61. The predicted molar refractivity (Wildman–Crippen MR) is 94.9 cm³/mol. The maximum Gasteiger partial charge on any atom is 0.173 e. The van der Waals surface area contributed by atoms with Crippen LogP contribution in [0.25, 0.3) is 5.69 Å². The molecule has 0 aliphatic heterocycles. The molecule has 7 heteroatoms. The number of nitrogens with zero attached hydrogens (tertiary/aromatic N) is 2. The number of Topliss-reactive ketones (excluding diaryl/α,β-unsaturated/α-hetero) is 1. The normalized spacial score (nSPS) is 10.6. The highest BCUT2D eigenvalue weighted by molar-refractivity contribution is 7.99. The minimum atomic E-state index is -0.310. The molecule has 2 N–H and O–H groups in total. The summed E-state index contributed by atoms with van der Waals surface area (Å²) in [4.78, 5) is 16.6. The number of carbonyl (C=O) groups is 1. The smallest absolute Gasteiger partial charge is 0.173 e. The van der Waals surface area contributed by atoms with Crippen LogP contribution < -0.4 is 4.74 Å². The van der Waals surface area contributed by atoms with Crippen LogP contribution in [0.1, 0.15) is 10.4 Å². The van der Waals surface area contributed by atoms with Crippen molar-refractivity contribution in [2.75, 3.05) is 12.9 Å². The molecule has 0 fully saturated rings. The second-order valence-electron chi connectivity index (χ2n) is 5.19. The molecule has 0 aliphatic carbocycles. The average molecular weight is 356 g/mol. The third-order valence-corrected chi connectivity index (χ3v) is 4.55. The van der Waals surface area contributed by atoms with Crippen LogP contribution in [0.15, 0.2) is 60.0 Å². The van der Waals surface area contributed by atoms with Gasteiger partial charge in [0.05, 0.1) is 12.9 Å². The van der Waals surface area contributed by atoms with E-state index in [1.165, 1.54) is 30.0 Å². The molecular weight excluding hydrogens is 340 g/mol. The molecule has 2 aromatic carbocycles. The van der Waals surface area contributed by atoms with Crippen molar-refractivity contribution >= 4 is 17.5 Å². The number of benzene rings is 2. The van der Waals surface area contributed by atoms with Crippen molar-refractivity contribution in [2.45, 2.75) is 5.16 Å². The maximum atomic E-state index is 12.3. The van der Waals surface area contributed by atoms with Crippen molar-refractivity contribution in [3.8, 4) is 22.9 Å². The van der Waals surface area contributed by atoms with Gasteiger partial charge in [0.25, 0.3) is 0 Å². The minimum absolute atomic E-state index is 0.162. The van der Waals surface area contributed by atoms with Gasteiger partial charge >= 0.3 is 0 Å². The highest BCUT2D eigenvalue weighted by atomic mass is 32.2. The molecule has 25 heavy (non-hydrogen) atoms. The Labute approximate surface area is 148 Å². The predicted octanol–water partition coefficient (Wildman–Crippen LogP) is 3.27. The number of aromatic nitrogens is 2. The van der Waals surface area contributed by atoms with Crippen LogP contribution >= 0.6 is 11.8 Å². The first-order valence-corrected chi connectivity index (χ1v) is 8.43. The molecule has 3 aromatic rings. The van der Waals surface area contributed by atoms with Gasteiger partial charge in [0.2, 0.25) is 0 Å². The zero-order valence-electron chi connectivity index (χ0n) is 13.4. The molecular formula is C18H16N2O4S. The summed E-state index contributed by atoms with van der Waals surface area (Å²) in [5.74, 6) is 0.206.